The quantitative estimate of drug-likeness (QED) is 0.237. The molecule has 1 fully saturated rings. The van der Waals surface area contributed by atoms with E-state index in [9.17, 15) is 8.42 Å². The average molecular weight is 599 g/mol. The first-order valence-electron chi connectivity index (χ1n) is 13.8. The van der Waals surface area contributed by atoms with Crippen molar-refractivity contribution in [1.29, 1.82) is 0 Å². The molecular weight excluding hydrogens is 563 g/mol. The number of nitrogens with two attached hydrogens (primary N) is 1. The van der Waals surface area contributed by atoms with E-state index < -0.39 is 15.8 Å². The minimum absolute atomic E-state index is 0.0330. The Labute approximate surface area is 245 Å². The summed E-state index contributed by atoms with van der Waals surface area (Å²) in [5.74, 6) is -0.436. The molecule has 2 aromatic carbocycles. The van der Waals surface area contributed by atoms with Gasteiger partial charge in [0, 0.05) is 28.9 Å². The third kappa shape index (κ3) is 6.05. The molecule has 0 amide bonds. The molecule has 3 N–H and O–H groups in total. The lowest BCUT2D eigenvalue weighted by Crippen LogP contribution is -2.31. The van der Waals surface area contributed by atoms with Gasteiger partial charge in [0.1, 0.15) is 17.3 Å². The van der Waals surface area contributed by atoms with E-state index in [1.165, 1.54) is 12.1 Å². The van der Waals surface area contributed by atoms with Gasteiger partial charge < -0.3 is 10.6 Å². The van der Waals surface area contributed by atoms with Gasteiger partial charge in [-0.25, -0.2) is 17.8 Å². The van der Waals surface area contributed by atoms with E-state index in [0.29, 0.717) is 45.0 Å². The predicted molar refractivity (Wildman–Crippen MR) is 164 cm³/mol. The van der Waals surface area contributed by atoms with Crippen molar-refractivity contribution in [2.24, 2.45) is 0 Å². The topological polar surface area (TPSA) is 106 Å². The molecule has 5 rings (SSSR count). The fraction of sp³-hybridized carbons (Fsp3) is 0.400. The number of halogens is 2. The van der Waals surface area contributed by atoms with Gasteiger partial charge in [0.15, 0.2) is 0 Å². The van der Waals surface area contributed by atoms with Crippen LogP contribution in [0.3, 0.4) is 0 Å². The molecule has 0 aliphatic heterocycles. The number of pyridine rings is 1. The first kappa shape index (κ1) is 29.3. The van der Waals surface area contributed by atoms with Crippen molar-refractivity contribution in [3.63, 3.8) is 0 Å². The van der Waals surface area contributed by atoms with Gasteiger partial charge in [-0.2, -0.15) is 5.10 Å². The molecule has 4 aromatic rings. The van der Waals surface area contributed by atoms with E-state index in [1.807, 2.05) is 10.9 Å². The molecule has 2 aromatic heterocycles. The molecule has 1 aliphatic carbocycles. The number of anilines is 2. The Hall–Kier alpha value is -3.21. The van der Waals surface area contributed by atoms with Crippen LogP contribution in [0.25, 0.3) is 22.2 Å². The Kier molecular flexibility index (Phi) is 8.27. The Morgan fingerprint density at radius 1 is 1.15 bits per heavy atom. The highest BCUT2D eigenvalue weighted by molar-refractivity contribution is 7.91. The summed E-state index contributed by atoms with van der Waals surface area (Å²) in [7, 11) is 0.341. The first-order chi connectivity index (χ1) is 19.4. The molecule has 0 saturated heterocycles. The Morgan fingerprint density at radius 2 is 1.85 bits per heavy atom. The predicted octanol–water partition coefficient (Wildman–Crippen LogP) is 6.58. The van der Waals surface area contributed by atoms with Crippen LogP contribution in [0.1, 0.15) is 62.6 Å². The SMILES string of the molecule is CC(C)n1nc(-c2ccc(NS(=O)(=O)Cc3ccccc3Cl)c(F)c2)c2c(N)ncc(C3CCC(N(C)C)CC3)c21. The minimum Gasteiger partial charge on any atom is -0.383 e. The standard InChI is InChI=1S/C30H36ClFN6O2S/c1-18(2)38-29-23(19-9-12-22(13-10-19)37(3)4)16-34-30(33)27(29)28(35-38)20-11-14-26(25(32)15-20)36-41(39,40)17-21-7-5-6-8-24(21)31/h5-8,11,14-16,18-19,22,36H,9-10,12-13,17H2,1-4H3,(H2,33,34). The second-order valence-corrected chi connectivity index (χ2v) is 13.5. The zero-order valence-electron chi connectivity index (χ0n) is 23.7. The van der Waals surface area contributed by atoms with E-state index >= 15 is 4.39 Å². The third-order valence-corrected chi connectivity index (χ3v) is 9.54. The molecule has 2 heterocycles. The van der Waals surface area contributed by atoms with Crippen molar-refractivity contribution >= 4 is 44.0 Å². The molecule has 0 spiro atoms. The highest BCUT2D eigenvalue weighted by atomic mass is 35.5. The van der Waals surface area contributed by atoms with E-state index in [-0.39, 0.29) is 17.5 Å². The number of nitrogens with zero attached hydrogens (tertiary/aromatic N) is 4. The fourth-order valence-electron chi connectivity index (χ4n) is 5.77. The lowest BCUT2D eigenvalue weighted by molar-refractivity contribution is 0.216. The molecule has 1 aliphatic rings. The number of rotatable bonds is 8. The van der Waals surface area contributed by atoms with Crippen molar-refractivity contribution in [2.75, 3.05) is 24.6 Å². The molecule has 0 bridgehead atoms. The molecule has 0 unspecified atom stereocenters. The summed E-state index contributed by atoms with van der Waals surface area (Å²) in [6, 6.07) is 11.6. The van der Waals surface area contributed by atoms with Crippen LogP contribution in [0.4, 0.5) is 15.9 Å². The van der Waals surface area contributed by atoms with Gasteiger partial charge in [0.25, 0.3) is 0 Å². The first-order valence-corrected chi connectivity index (χ1v) is 15.8. The van der Waals surface area contributed by atoms with Crippen LogP contribution in [-0.4, -0.2) is 48.2 Å². The lowest BCUT2D eigenvalue weighted by Gasteiger charge is -2.33. The van der Waals surface area contributed by atoms with Crippen LogP contribution in [0, 0.1) is 5.82 Å². The number of nitrogens with one attached hydrogen (secondary N) is 1. The van der Waals surface area contributed by atoms with Crippen molar-refractivity contribution in [3.8, 4) is 11.3 Å². The highest BCUT2D eigenvalue weighted by Gasteiger charge is 2.29. The van der Waals surface area contributed by atoms with Gasteiger partial charge in [-0.15, -0.1) is 0 Å². The second kappa shape index (κ2) is 11.6. The summed E-state index contributed by atoms with van der Waals surface area (Å²) in [5.41, 5.74) is 9.77. The van der Waals surface area contributed by atoms with Crippen molar-refractivity contribution in [1.82, 2.24) is 19.7 Å². The maximum atomic E-state index is 15.4. The number of sulfonamides is 1. The van der Waals surface area contributed by atoms with Crippen LogP contribution < -0.4 is 10.5 Å². The summed E-state index contributed by atoms with van der Waals surface area (Å²) in [6.07, 6.45) is 6.16. The van der Waals surface area contributed by atoms with Gasteiger partial charge in [0.2, 0.25) is 10.0 Å². The van der Waals surface area contributed by atoms with Gasteiger partial charge in [-0.1, -0.05) is 35.9 Å². The van der Waals surface area contributed by atoms with Gasteiger partial charge in [0.05, 0.1) is 22.3 Å². The molecule has 0 radical (unpaired) electrons. The molecular formula is C30H36ClFN6O2S. The van der Waals surface area contributed by atoms with Crippen LogP contribution in [0.15, 0.2) is 48.7 Å². The van der Waals surface area contributed by atoms with E-state index in [2.05, 4.69) is 42.5 Å². The monoisotopic (exact) mass is 598 g/mol. The number of hydrogen-bond donors (Lipinski definition) is 2. The zero-order valence-corrected chi connectivity index (χ0v) is 25.3. The van der Waals surface area contributed by atoms with Crippen LogP contribution >= 0.6 is 11.6 Å². The number of nitrogen functional groups attached to an aromatic ring is 1. The Bertz CT molecular complexity index is 1680. The molecule has 11 heteroatoms. The number of aromatic nitrogens is 3. The fourth-order valence-corrected chi connectivity index (χ4v) is 7.28. The molecule has 1 saturated carbocycles. The van der Waals surface area contributed by atoms with Crippen LogP contribution in [-0.2, 0) is 15.8 Å². The molecule has 41 heavy (non-hydrogen) atoms. The normalized spacial score (nSPS) is 18.0. The van der Waals surface area contributed by atoms with Crippen molar-refractivity contribution in [3.05, 3.63) is 70.6 Å². The average Bonchev–Trinajstić information content (AvgIpc) is 3.33. The summed E-state index contributed by atoms with van der Waals surface area (Å²) in [4.78, 5) is 6.84. The van der Waals surface area contributed by atoms with Crippen LogP contribution in [0.5, 0.6) is 0 Å². The third-order valence-electron chi connectivity index (χ3n) is 7.95. The second-order valence-electron chi connectivity index (χ2n) is 11.3. The molecule has 0 atom stereocenters. The van der Waals surface area contributed by atoms with Crippen LogP contribution in [0.2, 0.25) is 5.02 Å². The summed E-state index contributed by atoms with van der Waals surface area (Å²) < 4.78 is 45.3. The van der Waals surface area contributed by atoms with Gasteiger partial charge in [-0.05, 0) is 88.9 Å². The van der Waals surface area contributed by atoms with Crippen molar-refractivity contribution < 1.29 is 12.8 Å². The number of fused-ring (bicyclic) bond motifs is 1. The molecule has 8 nitrogen and oxygen atoms in total. The van der Waals surface area contributed by atoms with Gasteiger partial charge in [-0.3, -0.25) is 9.40 Å². The largest absolute Gasteiger partial charge is 0.383 e. The highest BCUT2D eigenvalue weighted by Crippen LogP contribution is 2.42. The summed E-state index contributed by atoms with van der Waals surface area (Å²) in [5, 5.41) is 5.92. The number of hydrogen-bond acceptors (Lipinski definition) is 6. The molecule has 218 valence electrons. The lowest BCUT2D eigenvalue weighted by atomic mass is 9.81. The zero-order chi connectivity index (χ0) is 29.5. The summed E-state index contributed by atoms with van der Waals surface area (Å²) in [6.45, 7) is 4.11. The Balaban J connectivity index is 1.50. The van der Waals surface area contributed by atoms with E-state index in [4.69, 9.17) is 22.4 Å². The minimum atomic E-state index is -3.91. The van der Waals surface area contributed by atoms with Crippen molar-refractivity contribution in [2.45, 2.75) is 63.3 Å². The van der Waals surface area contributed by atoms with E-state index in [0.717, 1.165) is 36.8 Å². The smallest absolute Gasteiger partial charge is 0.237 e. The van der Waals surface area contributed by atoms with E-state index in [1.54, 1.807) is 30.3 Å². The number of benzene rings is 2. The maximum absolute atomic E-state index is 15.4. The Morgan fingerprint density at radius 3 is 2.49 bits per heavy atom. The van der Waals surface area contributed by atoms with Gasteiger partial charge >= 0.3 is 0 Å². The summed E-state index contributed by atoms with van der Waals surface area (Å²) >= 11 is 6.12. The maximum Gasteiger partial charge on any atom is 0.237 e.